The van der Waals surface area contributed by atoms with E-state index in [1.165, 1.54) is 16.7 Å². The fourth-order valence-corrected chi connectivity index (χ4v) is 11.1. The first kappa shape index (κ1) is 60.3. The summed E-state index contributed by atoms with van der Waals surface area (Å²) in [6.45, 7) is 4.46. The molecule has 0 saturated carbocycles. The molecule has 3 aromatic carbocycles. The van der Waals surface area contributed by atoms with E-state index >= 15 is 4.39 Å². The number of carbonyl (C=O) groups is 9. The highest BCUT2D eigenvalue weighted by Gasteiger charge is 2.46. The van der Waals surface area contributed by atoms with E-state index in [2.05, 4.69) is 37.2 Å². The first-order chi connectivity index (χ1) is 40.8. The van der Waals surface area contributed by atoms with Gasteiger partial charge in [0.1, 0.15) is 25.1 Å². The molecule has 23 nitrogen and oxygen atoms in total. The molecule has 0 fully saturated rings. The van der Waals surface area contributed by atoms with E-state index in [1.807, 2.05) is 0 Å². The summed E-state index contributed by atoms with van der Waals surface area (Å²) in [4.78, 5) is 136. The molecule has 24 heteroatoms. The van der Waals surface area contributed by atoms with Gasteiger partial charge in [0.15, 0.2) is 5.60 Å². The minimum atomic E-state index is -2.04. The van der Waals surface area contributed by atoms with Crippen LogP contribution in [0.1, 0.15) is 109 Å². The molecule has 4 aliphatic rings. The van der Waals surface area contributed by atoms with E-state index < -0.39 is 89.8 Å². The second kappa shape index (κ2) is 26.5. The molecule has 4 atom stereocenters. The van der Waals surface area contributed by atoms with Crippen molar-refractivity contribution in [3.05, 3.63) is 140 Å². The molecule has 1 aliphatic carbocycles. The number of aryl methyl sites for hydroxylation is 1. The van der Waals surface area contributed by atoms with Crippen molar-refractivity contribution in [2.45, 2.75) is 122 Å². The lowest BCUT2D eigenvalue weighted by atomic mass is 9.81. The molecule has 0 radical (unpaired) electrons. The number of ether oxygens (including phenoxy) is 2. The first-order valence-corrected chi connectivity index (χ1v) is 28.3. The molecule has 446 valence electrons. The van der Waals surface area contributed by atoms with Crippen molar-refractivity contribution in [2.24, 2.45) is 0 Å². The summed E-state index contributed by atoms with van der Waals surface area (Å²) in [5.41, 5.74) is 3.04. The van der Waals surface area contributed by atoms with Crippen LogP contribution in [0, 0.1) is 12.7 Å². The van der Waals surface area contributed by atoms with E-state index in [9.17, 15) is 53.1 Å². The molecule has 8 N–H and O–H groups in total. The summed E-state index contributed by atoms with van der Waals surface area (Å²) < 4.78 is 27.6. The zero-order chi connectivity index (χ0) is 60.5. The minimum absolute atomic E-state index is 0.0189. The number of carbonyl (C=O) groups excluding carboxylic acids is 9. The van der Waals surface area contributed by atoms with Crippen molar-refractivity contribution in [3.8, 4) is 11.4 Å². The number of anilines is 1. The highest BCUT2D eigenvalue weighted by molar-refractivity contribution is 5.97. The molecule has 85 heavy (non-hydrogen) atoms. The first-order valence-electron chi connectivity index (χ1n) is 28.3. The average molecular weight is 1170 g/mol. The zero-order valence-electron chi connectivity index (χ0n) is 47.3. The lowest BCUT2D eigenvalue weighted by Crippen LogP contribution is -2.52. The summed E-state index contributed by atoms with van der Waals surface area (Å²) in [7, 11) is 0. The number of aromatic nitrogens is 2. The Bertz CT molecular complexity index is 3570. The maximum absolute atomic E-state index is 15.4. The number of fused-ring (bicyclic) bond motifs is 5. The fraction of sp³-hybridized carbons (Fsp3) is 0.393. The summed E-state index contributed by atoms with van der Waals surface area (Å²) in [5, 5.41) is 30.6. The summed E-state index contributed by atoms with van der Waals surface area (Å²) >= 11 is 0. The molecular formula is C61H67FN10O13. The van der Waals surface area contributed by atoms with Crippen LogP contribution in [0.4, 0.5) is 14.9 Å². The van der Waals surface area contributed by atoms with Crippen LogP contribution >= 0.6 is 0 Å². The molecule has 0 saturated heterocycles. The van der Waals surface area contributed by atoms with Crippen LogP contribution in [0.15, 0.2) is 83.7 Å². The number of hydrogen-bond acceptors (Lipinski definition) is 14. The van der Waals surface area contributed by atoms with Gasteiger partial charge in [-0.25, -0.2) is 19.0 Å². The maximum Gasteiger partial charge on any atom is 0.407 e. The number of pyridine rings is 2. The third-order valence-electron chi connectivity index (χ3n) is 15.7. The van der Waals surface area contributed by atoms with E-state index in [0.29, 0.717) is 82.6 Å². The number of nitrogens with one attached hydrogen (secondary N) is 7. The van der Waals surface area contributed by atoms with Crippen molar-refractivity contribution in [1.29, 1.82) is 0 Å². The van der Waals surface area contributed by atoms with E-state index in [4.69, 9.17) is 14.5 Å². The number of cyclic esters (lactones) is 1. The molecule has 9 rings (SSSR count). The van der Waals surface area contributed by atoms with Gasteiger partial charge in [0.2, 0.25) is 41.4 Å². The van der Waals surface area contributed by atoms with Gasteiger partial charge in [0, 0.05) is 72.7 Å². The molecule has 5 aromatic rings. The van der Waals surface area contributed by atoms with E-state index in [0.717, 1.165) is 24.0 Å². The molecule has 3 aliphatic heterocycles. The number of halogens is 1. The van der Waals surface area contributed by atoms with E-state index in [1.54, 1.807) is 92.4 Å². The third kappa shape index (κ3) is 14.0. The second-order valence-corrected chi connectivity index (χ2v) is 21.6. The molecule has 0 bridgehead atoms. The Balaban J connectivity index is 0.716. The number of rotatable bonds is 24. The Kier molecular flexibility index (Phi) is 18.8. The van der Waals surface area contributed by atoms with Crippen LogP contribution in [0.3, 0.4) is 0 Å². The molecule has 8 amide bonds. The fourth-order valence-electron chi connectivity index (χ4n) is 11.1. The number of benzene rings is 3. The maximum atomic E-state index is 15.4. The van der Waals surface area contributed by atoms with Crippen molar-refractivity contribution in [2.75, 3.05) is 38.0 Å². The van der Waals surface area contributed by atoms with Gasteiger partial charge in [-0.1, -0.05) is 61.9 Å². The number of alkyl carbamates (subject to hydrolysis) is 1. The van der Waals surface area contributed by atoms with Gasteiger partial charge in [-0.2, -0.15) is 0 Å². The van der Waals surface area contributed by atoms with Crippen molar-refractivity contribution in [3.63, 3.8) is 0 Å². The standard InChI is InChI=1S/C61H67FN10O13/c1-4-61(83)42-26-47-56-40(31-72(47)58(80)41(42)33-84-59(61)81)55-44(21-20-39-35(3)43(62)27-45(70-56)54(39)55)68-49(74)24-34(2)66-60(82)85-32-37-16-18-38(19-17-37)67-51(76)30-65-57(79)46(25-36-12-7-5-8-13-36)69-52(77)29-64-50(75)28-63-48(73)14-9-6-10-22-71-23-11-15-53(71)78/h5,7-8,11-13,15-19,26-27,34,44,46,83H,4,6,9-10,14,20-25,28-33H2,1-3H3,(H,63,73)(H,64,75)(H,65,79)(H,66,82)(H,67,76)(H,68,74)(H,69,77)/t34-,44-,46-,61-/m0/s1. The molecule has 0 unspecified atom stereocenters. The largest absolute Gasteiger partial charge is 0.458 e. The summed E-state index contributed by atoms with van der Waals surface area (Å²) in [6, 6.07) is 15.8. The van der Waals surface area contributed by atoms with Gasteiger partial charge in [-0.3, -0.25) is 38.4 Å². The highest BCUT2D eigenvalue weighted by Crippen LogP contribution is 2.46. The number of aliphatic hydroxyl groups is 1. The number of amides is 8. The Morgan fingerprint density at radius 2 is 1.59 bits per heavy atom. The normalized spacial score (nSPS) is 16.9. The monoisotopic (exact) mass is 1170 g/mol. The predicted octanol–water partition coefficient (Wildman–Crippen LogP) is 3.31. The third-order valence-corrected chi connectivity index (χ3v) is 15.7. The number of esters is 1. The van der Waals surface area contributed by atoms with E-state index in [-0.39, 0.29) is 74.9 Å². The van der Waals surface area contributed by atoms with Gasteiger partial charge in [0.05, 0.1) is 54.7 Å². The van der Waals surface area contributed by atoms with Gasteiger partial charge >= 0.3 is 12.1 Å². The quantitative estimate of drug-likeness (QED) is 0.0319. The lowest BCUT2D eigenvalue weighted by molar-refractivity contribution is -0.172. The van der Waals surface area contributed by atoms with Gasteiger partial charge < -0.3 is 61.3 Å². The molecule has 5 heterocycles. The van der Waals surface area contributed by atoms with Crippen LogP contribution in [0.2, 0.25) is 0 Å². The Morgan fingerprint density at radius 1 is 0.847 bits per heavy atom. The lowest BCUT2D eigenvalue weighted by Gasteiger charge is -2.31. The molecular weight excluding hydrogens is 1100 g/mol. The average Bonchev–Trinajstić information content (AvgIpc) is 2.57. The van der Waals surface area contributed by atoms with Crippen molar-refractivity contribution in [1.82, 2.24) is 46.4 Å². The van der Waals surface area contributed by atoms with Crippen LogP contribution in [0.25, 0.3) is 22.3 Å². The summed E-state index contributed by atoms with van der Waals surface area (Å²) in [6.07, 6.45) is 5.53. The van der Waals surface area contributed by atoms with Gasteiger partial charge in [0.25, 0.3) is 5.56 Å². The van der Waals surface area contributed by atoms with Crippen LogP contribution in [-0.2, 0) is 86.0 Å². The zero-order valence-corrected chi connectivity index (χ0v) is 47.3. The SMILES string of the molecule is CC[C@@]1(O)C(=O)OCc2c1cc1n(c2=O)Cc2c-1nc1cc(F)c(C)c3c1c2[C@@H](NC(=O)C[C@H](C)NC(=O)OCc1ccc(NC(=O)CNC(=O)[C@H](Cc2ccccc2)NC(=O)CNC(=O)CNC(=O)CCCCCN2CC=CC2=O)cc1)CC3. The number of unbranched alkanes of at least 4 members (excludes halogenated alkanes) is 2. The molecule has 0 spiro atoms. The van der Waals surface area contributed by atoms with Gasteiger partial charge in [-0.05, 0) is 92.0 Å². The second-order valence-electron chi connectivity index (χ2n) is 21.6. The van der Waals surface area contributed by atoms with Crippen LogP contribution in [-0.4, -0.2) is 118 Å². The predicted molar refractivity (Wildman–Crippen MR) is 306 cm³/mol. The van der Waals surface area contributed by atoms with Crippen molar-refractivity contribution >= 4 is 70.0 Å². The molecule has 2 aromatic heterocycles. The number of hydrogen-bond donors (Lipinski definition) is 8. The minimum Gasteiger partial charge on any atom is -0.458 e. The Hall–Kier alpha value is -9.32. The van der Waals surface area contributed by atoms with Crippen LogP contribution in [0.5, 0.6) is 0 Å². The summed E-state index contributed by atoms with van der Waals surface area (Å²) in [5.74, 6) is -4.58. The Labute approximate surface area is 487 Å². The number of nitrogens with zero attached hydrogens (tertiary/aromatic N) is 3. The van der Waals surface area contributed by atoms with Crippen LogP contribution < -0.4 is 42.8 Å². The van der Waals surface area contributed by atoms with Gasteiger partial charge in [-0.15, -0.1) is 0 Å². The topological polar surface area (TPSA) is 315 Å². The Morgan fingerprint density at radius 3 is 2.33 bits per heavy atom. The van der Waals surface area contributed by atoms with Crippen molar-refractivity contribution < 1.29 is 62.1 Å². The smallest absolute Gasteiger partial charge is 0.407 e. The highest BCUT2D eigenvalue weighted by atomic mass is 19.1.